The Labute approximate surface area is 135 Å². The molecule has 0 radical (unpaired) electrons. The Morgan fingerprint density at radius 1 is 0.955 bits per heavy atom. The minimum Gasteiger partial charge on any atom is -0.591 e. The average Bonchev–Trinajstić information content (AvgIpc) is 2.47. The highest BCUT2D eigenvalue weighted by molar-refractivity contribution is 7.91. The molecule has 2 rings (SSSR count). The fraction of sp³-hybridized carbons (Fsp3) is 0.278. The molecule has 0 saturated carbocycles. The van der Waals surface area contributed by atoms with Crippen LogP contribution in [0.5, 0.6) is 11.5 Å². The summed E-state index contributed by atoms with van der Waals surface area (Å²) in [5.41, 5.74) is 2.10. The molecule has 1 unspecified atom stereocenters. The van der Waals surface area contributed by atoms with E-state index in [0.29, 0.717) is 0 Å². The fourth-order valence-electron chi connectivity index (χ4n) is 1.63. The third-order valence-corrected chi connectivity index (χ3v) is 4.30. The summed E-state index contributed by atoms with van der Waals surface area (Å²) in [5, 5.41) is 0. The lowest BCUT2D eigenvalue weighted by Gasteiger charge is -2.17. The zero-order valence-electron chi connectivity index (χ0n) is 13.4. The van der Waals surface area contributed by atoms with Gasteiger partial charge in [0.2, 0.25) is 0 Å². The maximum Gasteiger partial charge on any atom is 0.144 e. The highest BCUT2D eigenvalue weighted by Crippen LogP contribution is 2.22. The van der Waals surface area contributed by atoms with Crippen LogP contribution in [-0.2, 0) is 11.4 Å². The van der Waals surface area contributed by atoms with Gasteiger partial charge in [0, 0.05) is 0 Å². The van der Waals surface area contributed by atoms with Crippen LogP contribution in [0.3, 0.4) is 0 Å². The fourth-order valence-corrected chi connectivity index (χ4v) is 2.16. The molecule has 1 atom stereocenters. The molecule has 0 aromatic heterocycles. The van der Waals surface area contributed by atoms with E-state index in [4.69, 9.17) is 4.74 Å². The van der Waals surface area contributed by atoms with Crippen molar-refractivity contribution < 1.29 is 9.29 Å². The van der Waals surface area contributed by atoms with Crippen LogP contribution >= 0.6 is 0 Å². The van der Waals surface area contributed by atoms with Crippen LogP contribution in [0.4, 0.5) is 0 Å². The maximum atomic E-state index is 11.9. The lowest BCUT2D eigenvalue weighted by molar-refractivity contribution is 0.482. The number of aryl methyl sites for hydroxylation is 1. The van der Waals surface area contributed by atoms with E-state index in [0.717, 1.165) is 17.1 Å². The highest BCUT2D eigenvalue weighted by Gasteiger charge is 2.25. The quantitative estimate of drug-likeness (QED) is 0.608. The van der Waals surface area contributed by atoms with Gasteiger partial charge in [0.25, 0.3) is 0 Å². The molecule has 0 spiro atoms. The Kier molecular flexibility index (Phi) is 5.27. The van der Waals surface area contributed by atoms with E-state index in [-0.39, 0.29) is 4.75 Å². The predicted octanol–water partition coefficient (Wildman–Crippen LogP) is 4.67. The van der Waals surface area contributed by atoms with E-state index < -0.39 is 11.4 Å². The van der Waals surface area contributed by atoms with Crippen molar-refractivity contribution in [2.24, 2.45) is 4.40 Å². The van der Waals surface area contributed by atoms with Gasteiger partial charge in [-0.25, -0.2) is 0 Å². The van der Waals surface area contributed by atoms with E-state index in [1.165, 1.54) is 5.56 Å². The lowest BCUT2D eigenvalue weighted by Crippen LogP contribution is -2.25. The number of ether oxygens (including phenoxy) is 1. The predicted molar refractivity (Wildman–Crippen MR) is 93.2 cm³/mol. The Morgan fingerprint density at radius 3 is 1.95 bits per heavy atom. The van der Waals surface area contributed by atoms with Gasteiger partial charge in [0.15, 0.2) is 0 Å². The van der Waals surface area contributed by atoms with Crippen LogP contribution in [-0.4, -0.2) is 15.5 Å². The summed E-state index contributed by atoms with van der Waals surface area (Å²) in [7, 11) is 0. The molecule has 116 valence electrons. The molecule has 0 fully saturated rings. The Morgan fingerprint density at radius 2 is 1.45 bits per heavy atom. The van der Waals surface area contributed by atoms with E-state index in [2.05, 4.69) is 4.40 Å². The van der Waals surface area contributed by atoms with Crippen molar-refractivity contribution in [1.29, 1.82) is 0 Å². The van der Waals surface area contributed by atoms with E-state index in [9.17, 15) is 4.55 Å². The van der Waals surface area contributed by atoms with Crippen molar-refractivity contribution in [3.05, 3.63) is 59.7 Å². The third-order valence-electron chi connectivity index (χ3n) is 2.96. The standard InChI is InChI=1S/C18H21NO2S/c1-14-5-9-16(10-6-14)21-17-11-7-15(8-12-17)13-19-22(20)18(2,3)4/h5-13H,1-4H3/b19-13+. The Bertz CT molecular complexity index is 628. The first-order valence-corrected chi connectivity index (χ1v) is 8.26. The van der Waals surface area contributed by atoms with Crippen LogP contribution in [0.1, 0.15) is 31.9 Å². The molecule has 0 aliphatic carbocycles. The highest BCUT2D eigenvalue weighted by atomic mass is 32.2. The van der Waals surface area contributed by atoms with Gasteiger partial charge in [-0.05, 0) is 69.7 Å². The molecular formula is C18H21NO2S. The molecule has 3 nitrogen and oxygen atoms in total. The summed E-state index contributed by atoms with van der Waals surface area (Å²) in [6.45, 7) is 7.75. The van der Waals surface area contributed by atoms with Gasteiger partial charge in [-0.1, -0.05) is 22.1 Å². The minimum atomic E-state index is -1.24. The molecule has 0 N–H and O–H groups in total. The van der Waals surface area contributed by atoms with Gasteiger partial charge in [-0.2, -0.15) is 0 Å². The minimum absolute atomic E-state index is 0.342. The number of hydrogen-bond acceptors (Lipinski definition) is 3. The molecule has 0 aliphatic heterocycles. The van der Waals surface area contributed by atoms with Gasteiger partial charge < -0.3 is 9.29 Å². The van der Waals surface area contributed by atoms with E-state index in [1.807, 2.05) is 76.2 Å². The second kappa shape index (κ2) is 6.99. The summed E-state index contributed by atoms with van der Waals surface area (Å²) in [5.74, 6) is 1.57. The molecular weight excluding hydrogens is 294 g/mol. The molecule has 2 aromatic carbocycles. The summed E-state index contributed by atoms with van der Waals surface area (Å²) < 4.78 is 21.4. The van der Waals surface area contributed by atoms with Crippen LogP contribution in [0.15, 0.2) is 52.9 Å². The summed E-state index contributed by atoms with van der Waals surface area (Å²) in [6, 6.07) is 15.5. The second-order valence-electron chi connectivity index (χ2n) is 6.08. The second-order valence-corrected chi connectivity index (χ2v) is 8.01. The topological polar surface area (TPSA) is 44.6 Å². The van der Waals surface area contributed by atoms with Gasteiger partial charge >= 0.3 is 0 Å². The SMILES string of the molecule is Cc1ccc(Oc2ccc(/C=N/[S+]([O-])C(C)(C)C)cc2)cc1. The Balaban J connectivity index is 2.01. The molecule has 2 aromatic rings. The molecule has 4 heteroatoms. The molecule has 0 heterocycles. The maximum absolute atomic E-state index is 11.9. The molecule has 22 heavy (non-hydrogen) atoms. The molecule has 0 saturated heterocycles. The van der Waals surface area contributed by atoms with Crippen molar-refractivity contribution in [2.75, 3.05) is 0 Å². The van der Waals surface area contributed by atoms with Crippen LogP contribution in [0.25, 0.3) is 0 Å². The van der Waals surface area contributed by atoms with Crippen LogP contribution < -0.4 is 4.74 Å². The molecule has 0 aliphatic rings. The van der Waals surface area contributed by atoms with Crippen molar-refractivity contribution in [3.8, 4) is 11.5 Å². The number of benzene rings is 2. The van der Waals surface area contributed by atoms with Crippen molar-refractivity contribution >= 4 is 17.6 Å². The summed E-state index contributed by atoms with van der Waals surface area (Å²) in [6.07, 6.45) is 1.64. The van der Waals surface area contributed by atoms with Crippen LogP contribution in [0.2, 0.25) is 0 Å². The summed E-state index contributed by atoms with van der Waals surface area (Å²) >= 11 is -1.24. The molecule has 0 amide bonds. The first kappa shape index (κ1) is 16.6. The van der Waals surface area contributed by atoms with Crippen molar-refractivity contribution in [1.82, 2.24) is 0 Å². The normalized spacial score (nSPS) is 13.3. The van der Waals surface area contributed by atoms with E-state index >= 15 is 0 Å². The van der Waals surface area contributed by atoms with Gasteiger partial charge in [0.05, 0.1) is 6.21 Å². The van der Waals surface area contributed by atoms with Gasteiger partial charge in [-0.3, -0.25) is 0 Å². The zero-order valence-corrected chi connectivity index (χ0v) is 14.2. The summed E-state index contributed by atoms with van der Waals surface area (Å²) in [4.78, 5) is 0. The largest absolute Gasteiger partial charge is 0.591 e. The van der Waals surface area contributed by atoms with E-state index in [1.54, 1.807) is 6.21 Å². The third kappa shape index (κ3) is 4.90. The lowest BCUT2D eigenvalue weighted by atomic mass is 10.2. The number of nitrogens with zero attached hydrogens (tertiary/aromatic N) is 1. The smallest absolute Gasteiger partial charge is 0.144 e. The Hall–Kier alpha value is -1.78. The average molecular weight is 315 g/mol. The monoisotopic (exact) mass is 315 g/mol. The first-order valence-electron chi connectivity index (χ1n) is 7.15. The zero-order chi connectivity index (χ0) is 16.2. The van der Waals surface area contributed by atoms with Gasteiger partial charge in [-0.15, -0.1) is 0 Å². The van der Waals surface area contributed by atoms with Crippen LogP contribution in [0, 0.1) is 6.92 Å². The molecule has 0 bridgehead atoms. The van der Waals surface area contributed by atoms with Gasteiger partial charge in [0.1, 0.15) is 27.6 Å². The van der Waals surface area contributed by atoms with Crippen molar-refractivity contribution in [2.45, 2.75) is 32.4 Å². The van der Waals surface area contributed by atoms with Crippen molar-refractivity contribution in [3.63, 3.8) is 0 Å². The number of rotatable bonds is 4. The number of hydrogen-bond donors (Lipinski definition) is 0. The first-order chi connectivity index (χ1) is 10.3.